The monoisotopic (exact) mass is 429 g/mol. The van der Waals surface area contributed by atoms with E-state index in [4.69, 9.17) is 0 Å². The Morgan fingerprint density at radius 3 is 2.75 bits per heavy atom. The third kappa shape index (κ3) is 4.82. The predicted molar refractivity (Wildman–Crippen MR) is 104 cm³/mol. The zero-order valence-corrected chi connectivity index (χ0v) is 16.8. The van der Waals surface area contributed by atoms with Gasteiger partial charge in [-0.15, -0.1) is 10.2 Å². The number of hydrogen-bond donors (Lipinski definition) is 1. The Labute approximate surface area is 167 Å². The predicted octanol–water partition coefficient (Wildman–Crippen LogP) is 4.75. The summed E-state index contributed by atoms with van der Waals surface area (Å²) in [6.45, 7) is 4.44. The first-order valence-corrected chi connectivity index (χ1v) is 10.4. The first-order chi connectivity index (χ1) is 13.3. The molecule has 0 radical (unpaired) electrons. The fraction of sp³-hybridized carbons (Fsp3) is 0.412. The second-order valence-electron chi connectivity index (χ2n) is 6.06. The van der Waals surface area contributed by atoms with Crippen molar-refractivity contribution in [2.75, 3.05) is 11.1 Å². The normalized spacial score (nSPS) is 11.9. The molecule has 3 rings (SSSR count). The number of rotatable bonds is 7. The van der Waals surface area contributed by atoms with Crippen LogP contribution in [0.25, 0.3) is 11.0 Å². The number of anilines is 1. The van der Waals surface area contributed by atoms with Crippen molar-refractivity contribution in [3.63, 3.8) is 0 Å². The Morgan fingerprint density at radius 2 is 2.11 bits per heavy atom. The number of thioether (sulfide) groups is 1. The van der Waals surface area contributed by atoms with E-state index in [-0.39, 0.29) is 17.2 Å². The van der Waals surface area contributed by atoms with Gasteiger partial charge in [0.15, 0.2) is 5.16 Å². The highest BCUT2D eigenvalue weighted by atomic mass is 32.2. The van der Waals surface area contributed by atoms with Crippen LogP contribution in [0.3, 0.4) is 0 Å². The van der Waals surface area contributed by atoms with Gasteiger partial charge >= 0.3 is 6.18 Å². The number of alkyl halides is 3. The van der Waals surface area contributed by atoms with Crippen LogP contribution in [-0.4, -0.2) is 31.4 Å². The Balaban J connectivity index is 1.80. The lowest BCUT2D eigenvalue weighted by atomic mass is 10.2. The van der Waals surface area contributed by atoms with Crippen molar-refractivity contribution in [1.82, 2.24) is 19.7 Å². The zero-order valence-electron chi connectivity index (χ0n) is 15.2. The maximum Gasteiger partial charge on any atom is 0.416 e. The van der Waals surface area contributed by atoms with Crippen molar-refractivity contribution in [1.29, 1.82) is 0 Å². The number of halogens is 3. The van der Waals surface area contributed by atoms with E-state index < -0.39 is 11.7 Å². The van der Waals surface area contributed by atoms with E-state index in [1.165, 1.54) is 29.2 Å². The van der Waals surface area contributed by atoms with E-state index in [1.807, 2.05) is 11.5 Å². The molecule has 3 aromatic rings. The SMILES string of the molecule is CCCCn1c(SCC(=O)Nc2nnc(C)s2)nc2cc(C(F)(F)F)ccc21. The number of benzene rings is 1. The molecular formula is C17H18F3N5OS2. The minimum absolute atomic E-state index is 0.0696. The number of unbranched alkanes of at least 4 members (excludes halogenated alkanes) is 1. The standard InChI is InChI=1S/C17H18F3N5OS2/c1-3-4-7-25-13-6-5-11(17(18,19)20)8-12(13)21-16(25)27-9-14(26)22-15-24-23-10(2)28-15/h5-6,8H,3-4,7,9H2,1-2H3,(H,22,24,26). The minimum atomic E-state index is -4.42. The van der Waals surface area contributed by atoms with E-state index in [2.05, 4.69) is 20.5 Å². The molecule has 0 spiro atoms. The summed E-state index contributed by atoms with van der Waals surface area (Å²) < 4.78 is 40.8. The van der Waals surface area contributed by atoms with Gasteiger partial charge in [-0.25, -0.2) is 4.98 Å². The van der Waals surface area contributed by atoms with Gasteiger partial charge in [-0.05, 0) is 31.5 Å². The lowest BCUT2D eigenvalue weighted by Gasteiger charge is -2.09. The summed E-state index contributed by atoms with van der Waals surface area (Å²) in [6, 6.07) is 3.55. The number of aryl methyl sites for hydroxylation is 2. The van der Waals surface area contributed by atoms with Crippen molar-refractivity contribution in [2.45, 2.75) is 44.6 Å². The van der Waals surface area contributed by atoms with Gasteiger partial charge < -0.3 is 4.57 Å². The molecule has 28 heavy (non-hydrogen) atoms. The van der Waals surface area contributed by atoms with E-state index >= 15 is 0 Å². The van der Waals surface area contributed by atoms with Gasteiger partial charge in [-0.2, -0.15) is 13.2 Å². The highest BCUT2D eigenvalue weighted by Gasteiger charge is 2.31. The van der Waals surface area contributed by atoms with Crippen molar-refractivity contribution in [3.8, 4) is 0 Å². The maximum absolute atomic E-state index is 13.0. The van der Waals surface area contributed by atoms with Gasteiger partial charge in [0.1, 0.15) is 5.01 Å². The summed E-state index contributed by atoms with van der Waals surface area (Å²) in [7, 11) is 0. The summed E-state index contributed by atoms with van der Waals surface area (Å²) in [5.41, 5.74) is 0.166. The number of carbonyl (C=O) groups excluding carboxylic acids is 1. The molecule has 0 saturated carbocycles. The average Bonchev–Trinajstić information content (AvgIpc) is 3.19. The molecule has 0 saturated heterocycles. The molecule has 1 aromatic carbocycles. The largest absolute Gasteiger partial charge is 0.416 e. The molecule has 6 nitrogen and oxygen atoms in total. The molecule has 0 aliphatic heterocycles. The van der Waals surface area contributed by atoms with Crippen LogP contribution in [0.1, 0.15) is 30.3 Å². The fourth-order valence-electron chi connectivity index (χ4n) is 2.56. The summed E-state index contributed by atoms with van der Waals surface area (Å²) in [5.74, 6) is -0.202. The highest BCUT2D eigenvalue weighted by molar-refractivity contribution is 7.99. The van der Waals surface area contributed by atoms with Gasteiger partial charge in [-0.3, -0.25) is 10.1 Å². The van der Waals surface area contributed by atoms with Crippen molar-refractivity contribution >= 4 is 45.2 Å². The van der Waals surface area contributed by atoms with Crippen molar-refractivity contribution in [2.24, 2.45) is 0 Å². The van der Waals surface area contributed by atoms with Crippen molar-refractivity contribution < 1.29 is 18.0 Å². The van der Waals surface area contributed by atoms with E-state index in [9.17, 15) is 18.0 Å². The van der Waals surface area contributed by atoms with Gasteiger partial charge in [0.2, 0.25) is 11.0 Å². The lowest BCUT2D eigenvalue weighted by Crippen LogP contribution is -2.14. The van der Waals surface area contributed by atoms with Gasteiger partial charge in [-0.1, -0.05) is 36.4 Å². The van der Waals surface area contributed by atoms with E-state index in [1.54, 1.807) is 6.92 Å². The fourth-order valence-corrected chi connectivity index (χ4v) is 4.01. The number of fused-ring (bicyclic) bond motifs is 1. The van der Waals surface area contributed by atoms with Gasteiger partial charge in [0.05, 0.1) is 22.3 Å². The smallest absolute Gasteiger partial charge is 0.319 e. The molecule has 0 aliphatic carbocycles. The Bertz CT molecular complexity index is 983. The minimum Gasteiger partial charge on any atom is -0.319 e. The average molecular weight is 429 g/mol. The third-order valence-electron chi connectivity index (χ3n) is 3.88. The van der Waals surface area contributed by atoms with Crippen LogP contribution in [0, 0.1) is 6.92 Å². The van der Waals surface area contributed by atoms with Crippen molar-refractivity contribution in [3.05, 3.63) is 28.8 Å². The summed E-state index contributed by atoms with van der Waals surface area (Å²) >= 11 is 2.45. The van der Waals surface area contributed by atoms with Crippen LogP contribution in [0.4, 0.5) is 18.3 Å². The van der Waals surface area contributed by atoms with Gasteiger partial charge in [0.25, 0.3) is 0 Å². The van der Waals surface area contributed by atoms with E-state index in [0.717, 1.165) is 30.0 Å². The second kappa shape index (κ2) is 8.48. The second-order valence-corrected chi connectivity index (χ2v) is 8.19. The summed E-state index contributed by atoms with van der Waals surface area (Å²) in [6.07, 6.45) is -2.63. The molecule has 1 N–H and O–H groups in total. The molecule has 150 valence electrons. The first-order valence-electron chi connectivity index (χ1n) is 8.58. The third-order valence-corrected chi connectivity index (χ3v) is 5.61. The molecule has 0 atom stereocenters. The molecule has 1 amide bonds. The molecule has 2 heterocycles. The summed E-state index contributed by atoms with van der Waals surface area (Å²) in [4.78, 5) is 16.5. The van der Waals surface area contributed by atoms with E-state index in [0.29, 0.717) is 22.3 Å². The van der Waals surface area contributed by atoms with Gasteiger partial charge in [0, 0.05) is 6.54 Å². The van der Waals surface area contributed by atoms with Crippen LogP contribution in [-0.2, 0) is 17.5 Å². The van der Waals surface area contributed by atoms with Crippen LogP contribution in [0.5, 0.6) is 0 Å². The van der Waals surface area contributed by atoms with Crippen LogP contribution in [0.2, 0.25) is 0 Å². The van der Waals surface area contributed by atoms with Crippen LogP contribution in [0.15, 0.2) is 23.4 Å². The molecule has 0 unspecified atom stereocenters. The number of aromatic nitrogens is 4. The Kier molecular flexibility index (Phi) is 6.23. The van der Waals surface area contributed by atoms with Crippen LogP contribution >= 0.6 is 23.1 Å². The molecule has 0 bridgehead atoms. The van der Waals surface area contributed by atoms with Crippen LogP contribution < -0.4 is 5.32 Å². The Morgan fingerprint density at radius 1 is 1.32 bits per heavy atom. The Hall–Kier alpha value is -2.14. The number of carbonyl (C=O) groups is 1. The number of nitrogens with one attached hydrogen (secondary N) is 1. The molecule has 2 aromatic heterocycles. The molecule has 0 fully saturated rings. The topological polar surface area (TPSA) is 72.7 Å². The number of amides is 1. The zero-order chi connectivity index (χ0) is 20.3. The quantitative estimate of drug-likeness (QED) is 0.549. The lowest BCUT2D eigenvalue weighted by molar-refractivity contribution is -0.137. The number of nitrogens with zero attached hydrogens (tertiary/aromatic N) is 4. The number of imidazole rings is 1. The highest BCUT2D eigenvalue weighted by Crippen LogP contribution is 2.33. The molecule has 0 aliphatic rings. The number of hydrogen-bond acceptors (Lipinski definition) is 6. The first kappa shape index (κ1) is 20.6. The molecule has 11 heteroatoms. The maximum atomic E-state index is 13.0. The summed E-state index contributed by atoms with van der Waals surface area (Å²) in [5, 5.41) is 12.0. The molecular weight excluding hydrogens is 411 g/mol.